The average Bonchev–Trinajstić information content (AvgIpc) is 3.37. The molecule has 1 atom stereocenters. The van der Waals surface area contributed by atoms with Crippen molar-refractivity contribution in [2.45, 2.75) is 19.9 Å². The van der Waals surface area contributed by atoms with Crippen molar-refractivity contribution in [2.75, 3.05) is 34.0 Å². The number of methoxy groups -OCH3 is 2. The Morgan fingerprint density at radius 3 is 2.40 bits per heavy atom. The number of esters is 2. The van der Waals surface area contributed by atoms with Crippen LogP contribution in [0.15, 0.2) is 88.2 Å². The molecule has 11 heteroatoms. The highest BCUT2D eigenvalue weighted by molar-refractivity contribution is 7.07. The average molecular weight is 629 g/mol. The molecule has 0 spiro atoms. The molecule has 0 unspecified atom stereocenters. The van der Waals surface area contributed by atoms with Gasteiger partial charge in [0.2, 0.25) is 0 Å². The molecular formula is C34H32N2O8S. The van der Waals surface area contributed by atoms with Gasteiger partial charge in [-0.1, -0.05) is 59.9 Å². The lowest BCUT2D eigenvalue weighted by molar-refractivity contribution is -0.145. The van der Waals surface area contributed by atoms with Crippen molar-refractivity contribution in [3.63, 3.8) is 0 Å². The first-order chi connectivity index (χ1) is 21.9. The van der Waals surface area contributed by atoms with Crippen molar-refractivity contribution in [1.29, 1.82) is 0 Å². The van der Waals surface area contributed by atoms with Crippen molar-refractivity contribution in [1.82, 2.24) is 4.57 Å². The van der Waals surface area contributed by atoms with Gasteiger partial charge in [0, 0.05) is 5.56 Å². The van der Waals surface area contributed by atoms with E-state index in [0.29, 0.717) is 49.0 Å². The number of hydrogen-bond acceptors (Lipinski definition) is 10. The summed E-state index contributed by atoms with van der Waals surface area (Å²) in [5, 5.41) is 0. The van der Waals surface area contributed by atoms with Crippen molar-refractivity contribution >= 4 is 35.0 Å². The van der Waals surface area contributed by atoms with Gasteiger partial charge in [0.05, 0.1) is 49.3 Å². The Bertz CT molecular complexity index is 1930. The molecule has 4 aromatic rings. The second kappa shape index (κ2) is 14.1. The number of fused-ring (bicyclic) bond motifs is 1. The molecule has 0 N–H and O–H groups in total. The number of carbonyl (C=O) groups is 2. The molecule has 5 rings (SSSR count). The van der Waals surface area contributed by atoms with E-state index in [-0.39, 0.29) is 31.0 Å². The molecule has 2 heterocycles. The summed E-state index contributed by atoms with van der Waals surface area (Å²) < 4.78 is 28.9. The van der Waals surface area contributed by atoms with E-state index in [9.17, 15) is 14.4 Å². The summed E-state index contributed by atoms with van der Waals surface area (Å²) in [5.41, 5.74) is 2.39. The standard InChI is InChI=1S/C34H32N2O8S/c1-5-42-28(37)20-44-25-16-15-21(17-26(25)41-4)18-27-32(38)36-31(23-13-10-14-24(19-23)40-3)29(33(39)43-6-2)30(35-34(36)45-27)22-11-8-7-9-12-22/h7-19,31H,5-6,20H2,1-4H3/t31-/m1/s1. The van der Waals surface area contributed by atoms with E-state index in [2.05, 4.69) is 0 Å². The highest BCUT2D eigenvalue weighted by atomic mass is 32.1. The van der Waals surface area contributed by atoms with E-state index >= 15 is 0 Å². The van der Waals surface area contributed by atoms with Crippen LogP contribution < -0.4 is 29.1 Å². The number of ether oxygens (including phenoxy) is 5. The van der Waals surface area contributed by atoms with E-state index in [1.165, 1.54) is 23.0 Å². The summed E-state index contributed by atoms with van der Waals surface area (Å²) in [7, 11) is 3.05. The van der Waals surface area contributed by atoms with Gasteiger partial charge in [-0.3, -0.25) is 9.36 Å². The molecule has 1 aliphatic rings. The second-order valence-corrected chi connectivity index (χ2v) is 10.7. The van der Waals surface area contributed by atoms with Crippen LogP contribution in [-0.4, -0.2) is 50.5 Å². The molecule has 0 radical (unpaired) electrons. The van der Waals surface area contributed by atoms with Crippen LogP contribution >= 0.6 is 11.3 Å². The van der Waals surface area contributed by atoms with Crippen LogP contribution in [0.3, 0.4) is 0 Å². The van der Waals surface area contributed by atoms with Crippen LogP contribution in [0.5, 0.6) is 17.2 Å². The summed E-state index contributed by atoms with van der Waals surface area (Å²) in [4.78, 5) is 44.8. The lowest BCUT2D eigenvalue weighted by Crippen LogP contribution is -2.40. The molecule has 0 amide bonds. The first-order valence-corrected chi connectivity index (χ1v) is 15.1. The smallest absolute Gasteiger partial charge is 0.344 e. The molecule has 0 saturated carbocycles. The summed E-state index contributed by atoms with van der Waals surface area (Å²) >= 11 is 1.21. The fourth-order valence-corrected chi connectivity index (χ4v) is 5.95. The fourth-order valence-electron chi connectivity index (χ4n) is 4.95. The summed E-state index contributed by atoms with van der Waals surface area (Å²) in [6, 6.07) is 20.9. The second-order valence-electron chi connectivity index (χ2n) is 9.71. The highest BCUT2D eigenvalue weighted by Crippen LogP contribution is 2.36. The first kappa shape index (κ1) is 31.3. The largest absolute Gasteiger partial charge is 0.497 e. The minimum Gasteiger partial charge on any atom is -0.497 e. The Morgan fingerprint density at radius 1 is 0.911 bits per heavy atom. The SMILES string of the molecule is CCOC(=O)COc1ccc(C=c2sc3n(c2=O)[C@H](c2cccc(OC)c2)C(C(=O)OCC)=C(c2ccccc2)N=3)cc1OC. The predicted molar refractivity (Wildman–Crippen MR) is 169 cm³/mol. The summed E-state index contributed by atoms with van der Waals surface area (Å²) in [6.45, 7) is 3.59. The third kappa shape index (κ3) is 6.68. The Morgan fingerprint density at radius 2 is 1.69 bits per heavy atom. The van der Waals surface area contributed by atoms with E-state index < -0.39 is 18.0 Å². The van der Waals surface area contributed by atoms with Gasteiger partial charge < -0.3 is 23.7 Å². The van der Waals surface area contributed by atoms with E-state index in [4.69, 9.17) is 28.7 Å². The Hall–Kier alpha value is -5.16. The zero-order chi connectivity index (χ0) is 31.9. The molecule has 0 aliphatic carbocycles. The number of thiazole rings is 1. The van der Waals surface area contributed by atoms with Crippen molar-refractivity contribution in [3.8, 4) is 17.2 Å². The maximum Gasteiger partial charge on any atom is 0.344 e. The summed E-state index contributed by atoms with van der Waals surface area (Å²) in [6.07, 6.45) is 1.72. The van der Waals surface area contributed by atoms with Crippen molar-refractivity contribution < 1.29 is 33.3 Å². The molecule has 10 nitrogen and oxygen atoms in total. The molecular weight excluding hydrogens is 596 g/mol. The molecule has 3 aromatic carbocycles. The van der Waals surface area contributed by atoms with Gasteiger partial charge in [0.25, 0.3) is 5.56 Å². The molecule has 0 bridgehead atoms. The minimum absolute atomic E-state index is 0.154. The maximum atomic E-state index is 14.2. The lowest BCUT2D eigenvalue weighted by Gasteiger charge is -2.26. The molecule has 0 saturated heterocycles. The molecule has 1 aromatic heterocycles. The first-order valence-electron chi connectivity index (χ1n) is 14.3. The predicted octanol–water partition coefficient (Wildman–Crippen LogP) is 3.89. The number of nitrogens with zero attached hydrogens (tertiary/aromatic N) is 2. The van der Waals surface area contributed by atoms with Crippen LogP contribution in [0.4, 0.5) is 0 Å². The van der Waals surface area contributed by atoms with E-state index in [0.717, 1.165) is 0 Å². The molecule has 232 valence electrons. The number of benzene rings is 3. The number of aromatic nitrogens is 1. The van der Waals surface area contributed by atoms with Gasteiger partial charge in [-0.05, 0) is 55.3 Å². The van der Waals surface area contributed by atoms with E-state index in [1.54, 1.807) is 57.4 Å². The summed E-state index contributed by atoms with van der Waals surface area (Å²) in [5.74, 6) is 0.256. The van der Waals surface area contributed by atoms with Gasteiger partial charge >= 0.3 is 11.9 Å². The highest BCUT2D eigenvalue weighted by Gasteiger charge is 2.35. The van der Waals surface area contributed by atoms with Gasteiger partial charge in [0.15, 0.2) is 22.9 Å². The van der Waals surface area contributed by atoms with Gasteiger partial charge in [-0.15, -0.1) is 0 Å². The van der Waals surface area contributed by atoms with E-state index in [1.807, 2.05) is 42.5 Å². The van der Waals surface area contributed by atoms with Crippen molar-refractivity contribution in [3.05, 3.63) is 115 Å². The van der Waals surface area contributed by atoms with Crippen LogP contribution in [0, 0.1) is 0 Å². The normalized spacial score (nSPS) is 14.3. The zero-order valence-corrected chi connectivity index (χ0v) is 26.1. The quantitative estimate of drug-likeness (QED) is 0.230. The monoisotopic (exact) mass is 628 g/mol. The molecule has 1 aliphatic heterocycles. The van der Waals surface area contributed by atoms with Crippen LogP contribution in [0.2, 0.25) is 0 Å². The Kier molecular flexibility index (Phi) is 9.79. The maximum absolute atomic E-state index is 14.2. The topological polar surface area (TPSA) is 115 Å². The van der Waals surface area contributed by atoms with Crippen molar-refractivity contribution in [2.24, 2.45) is 4.99 Å². The van der Waals surface area contributed by atoms with Crippen LogP contribution in [-0.2, 0) is 19.1 Å². The van der Waals surface area contributed by atoms with Crippen LogP contribution in [0.25, 0.3) is 11.8 Å². The Balaban J connectivity index is 1.68. The Labute approximate surface area is 263 Å². The number of carbonyl (C=O) groups excluding carboxylic acids is 2. The fraction of sp³-hybridized carbons (Fsp3) is 0.235. The zero-order valence-electron chi connectivity index (χ0n) is 25.3. The molecule has 0 fully saturated rings. The van der Waals surface area contributed by atoms with Gasteiger partial charge in [0.1, 0.15) is 5.75 Å². The van der Waals surface area contributed by atoms with Gasteiger partial charge in [-0.2, -0.15) is 0 Å². The third-order valence-corrected chi connectivity index (χ3v) is 7.90. The number of hydrogen-bond donors (Lipinski definition) is 0. The van der Waals surface area contributed by atoms with Gasteiger partial charge in [-0.25, -0.2) is 14.6 Å². The minimum atomic E-state index is -0.832. The molecule has 45 heavy (non-hydrogen) atoms. The third-order valence-electron chi connectivity index (χ3n) is 6.92. The number of rotatable bonds is 11. The lowest BCUT2D eigenvalue weighted by atomic mass is 9.93. The van der Waals surface area contributed by atoms with Crippen LogP contribution in [0.1, 0.15) is 36.6 Å².